The quantitative estimate of drug-likeness (QED) is 0.521. The van der Waals surface area contributed by atoms with Crippen molar-refractivity contribution in [1.82, 2.24) is 0 Å². The van der Waals surface area contributed by atoms with Gasteiger partial charge in [0.15, 0.2) is 0 Å². The van der Waals surface area contributed by atoms with Crippen molar-refractivity contribution in [2.45, 2.75) is 38.7 Å². The fourth-order valence-corrected chi connectivity index (χ4v) is 1.52. The third kappa shape index (κ3) is 3.19. The number of aliphatic hydroxyl groups excluding tert-OH is 1. The van der Waals surface area contributed by atoms with Crippen LogP contribution in [0.15, 0.2) is 11.6 Å². The normalized spacial score (nSPS) is 26.0. The molecule has 1 fully saturated rings. The molecule has 0 saturated heterocycles. The van der Waals surface area contributed by atoms with Crippen LogP contribution < -0.4 is 0 Å². The molecule has 1 rings (SSSR count). The van der Waals surface area contributed by atoms with Gasteiger partial charge in [-0.3, -0.25) is 0 Å². The Hall–Kier alpha value is -0.830. The Labute approximate surface area is 78.4 Å². The fourth-order valence-electron chi connectivity index (χ4n) is 1.52. The minimum atomic E-state index is -0.432. The van der Waals surface area contributed by atoms with Gasteiger partial charge in [-0.25, -0.2) is 4.79 Å². The average Bonchev–Trinajstić information content (AvgIpc) is 2.09. The van der Waals surface area contributed by atoms with E-state index in [9.17, 15) is 9.90 Å². The van der Waals surface area contributed by atoms with Crippen molar-refractivity contribution in [3.63, 3.8) is 0 Å². The molecule has 0 amide bonds. The number of aliphatic hydroxyl groups is 1. The lowest BCUT2D eigenvalue weighted by Gasteiger charge is -2.19. The van der Waals surface area contributed by atoms with Crippen molar-refractivity contribution in [3.8, 4) is 0 Å². The van der Waals surface area contributed by atoms with Gasteiger partial charge in [0.05, 0.1) is 12.7 Å². The minimum absolute atomic E-state index is 0.335. The standard InChI is InChI=1S/C10H16O3/c1-2-13-10(12)7-8-5-3-4-6-9(8)11/h7,9,11H,2-6H2,1H3/b8-7+/t9-/m1/s1. The molecule has 0 bridgehead atoms. The summed E-state index contributed by atoms with van der Waals surface area (Å²) in [4.78, 5) is 11.0. The Morgan fingerprint density at radius 2 is 2.46 bits per heavy atom. The monoisotopic (exact) mass is 184 g/mol. The summed E-state index contributed by atoms with van der Waals surface area (Å²) >= 11 is 0. The fraction of sp³-hybridized carbons (Fsp3) is 0.700. The van der Waals surface area contributed by atoms with E-state index in [0.717, 1.165) is 31.3 Å². The predicted molar refractivity (Wildman–Crippen MR) is 49.2 cm³/mol. The van der Waals surface area contributed by atoms with E-state index in [1.807, 2.05) is 0 Å². The first-order valence-corrected chi connectivity index (χ1v) is 4.79. The van der Waals surface area contributed by atoms with Gasteiger partial charge in [0.1, 0.15) is 0 Å². The lowest BCUT2D eigenvalue weighted by molar-refractivity contribution is -0.137. The van der Waals surface area contributed by atoms with Crippen molar-refractivity contribution in [3.05, 3.63) is 11.6 Å². The van der Waals surface area contributed by atoms with E-state index in [4.69, 9.17) is 4.74 Å². The number of carbonyl (C=O) groups excluding carboxylic acids is 1. The van der Waals surface area contributed by atoms with Gasteiger partial charge in [0, 0.05) is 6.08 Å². The third-order valence-electron chi connectivity index (χ3n) is 2.21. The molecule has 13 heavy (non-hydrogen) atoms. The molecule has 0 heterocycles. The summed E-state index contributed by atoms with van der Waals surface area (Å²) in [7, 11) is 0. The first-order valence-electron chi connectivity index (χ1n) is 4.79. The number of hydrogen-bond acceptors (Lipinski definition) is 3. The maximum Gasteiger partial charge on any atom is 0.330 e. The highest BCUT2D eigenvalue weighted by atomic mass is 16.5. The average molecular weight is 184 g/mol. The van der Waals surface area contributed by atoms with Crippen molar-refractivity contribution in [2.75, 3.05) is 6.61 Å². The zero-order valence-electron chi connectivity index (χ0n) is 7.95. The molecule has 0 spiro atoms. The molecule has 1 N–H and O–H groups in total. The van der Waals surface area contributed by atoms with Crippen LogP contribution >= 0.6 is 0 Å². The summed E-state index contributed by atoms with van der Waals surface area (Å²) in [6, 6.07) is 0. The zero-order valence-corrected chi connectivity index (χ0v) is 7.95. The zero-order chi connectivity index (χ0) is 9.68. The van der Waals surface area contributed by atoms with Crippen LogP contribution in [0.4, 0.5) is 0 Å². The smallest absolute Gasteiger partial charge is 0.330 e. The van der Waals surface area contributed by atoms with Crippen molar-refractivity contribution in [2.24, 2.45) is 0 Å². The van der Waals surface area contributed by atoms with E-state index in [1.54, 1.807) is 6.92 Å². The van der Waals surface area contributed by atoms with E-state index in [1.165, 1.54) is 6.08 Å². The second kappa shape index (κ2) is 5.02. The van der Waals surface area contributed by atoms with E-state index in [0.29, 0.717) is 6.61 Å². The Kier molecular flexibility index (Phi) is 3.96. The maximum atomic E-state index is 11.0. The number of esters is 1. The molecule has 1 aliphatic carbocycles. The lowest BCUT2D eigenvalue weighted by Crippen LogP contribution is -2.16. The van der Waals surface area contributed by atoms with E-state index >= 15 is 0 Å². The van der Waals surface area contributed by atoms with Crippen molar-refractivity contribution >= 4 is 5.97 Å². The molecule has 1 aliphatic rings. The van der Waals surface area contributed by atoms with Gasteiger partial charge in [-0.1, -0.05) is 6.42 Å². The van der Waals surface area contributed by atoms with Crippen LogP contribution in [0.3, 0.4) is 0 Å². The molecule has 3 heteroatoms. The molecule has 74 valence electrons. The second-order valence-corrected chi connectivity index (χ2v) is 3.23. The number of hydrogen-bond donors (Lipinski definition) is 1. The molecule has 1 saturated carbocycles. The van der Waals surface area contributed by atoms with Gasteiger partial charge in [-0.2, -0.15) is 0 Å². The van der Waals surface area contributed by atoms with E-state index in [-0.39, 0.29) is 5.97 Å². The highest BCUT2D eigenvalue weighted by molar-refractivity contribution is 5.82. The summed E-state index contributed by atoms with van der Waals surface area (Å²) in [5.41, 5.74) is 0.824. The first kappa shape index (κ1) is 10.3. The first-order chi connectivity index (χ1) is 6.24. The topological polar surface area (TPSA) is 46.5 Å². The summed E-state index contributed by atoms with van der Waals surface area (Å²) in [5.74, 6) is -0.335. The van der Waals surface area contributed by atoms with Crippen LogP contribution in [0.2, 0.25) is 0 Å². The number of rotatable bonds is 2. The van der Waals surface area contributed by atoms with Crippen molar-refractivity contribution in [1.29, 1.82) is 0 Å². The van der Waals surface area contributed by atoms with Gasteiger partial charge in [0.2, 0.25) is 0 Å². The van der Waals surface area contributed by atoms with Gasteiger partial charge in [-0.05, 0) is 31.8 Å². The molecule has 1 atom stereocenters. The Balaban J connectivity index is 2.52. The van der Waals surface area contributed by atoms with Gasteiger partial charge < -0.3 is 9.84 Å². The van der Waals surface area contributed by atoms with Crippen LogP contribution in [-0.2, 0) is 9.53 Å². The molecular formula is C10H16O3. The Bertz CT molecular complexity index is 208. The highest BCUT2D eigenvalue weighted by Crippen LogP contribution is 2.23. The second-order valence-electron chi connectivity index (χ2n) is 3.23. The van der Waals surface area contributed by atoms with Crippen LogP contribution in [0, 0.1) is 0 Å². The van der Waals surface area contributed by atoms with Gasteiger partial charge in [-0.15, -0.1) is 0 Å². The summed E-state index contributed by atoms with van der Waals surface area (Å²) in [6.45, 7) is 2.16. The van der Waals surface area contributed by atoms with Crippen LogP contribution in [0.5, 0.6) is 0 Å². The van der Waals surface area contributed by atoms with Gasteiger partial charge in [0.25, 0.3) is 0 Å². The minimum Gasteiger partial charge on any atom is -0.463 e. The molecule has 0 aromatic rings. The highest BCUT2D eigenvalue weighted by Gasteiger charge is 2.16. The van der Waals surface area contributed by atoms with Crippen LogP contribution in [0.25, 0.3) is 0 Å². The van der Waals surface area contributed by atoms with Crippen molar-refractivity contribution < 1.29 is 14.6 Å². The molecule has 0 aromatic carbocycles. The number of carbonyl (C=O) groups is 1. The van der Waals surface area contributed by atoms with E-state index < -0.39 is 6.10 Å². The Morgan fingerprint density at radius 1 is 1.69 bits per heavy atom. The predicted octanol–water partition coefficient (Wildman–Crippen LogP) is 1.41. The lowest BCUT2D eigenvalue weighted by atomic mass is 9.92. The summed E-state index contributed by atoms with van der Waals surface area (Å²) < 4.78 is 4.77. The third-order valence-corrected chi connectivity index (χ3v) is 2.21. The Morgan fingerprint density at radius 3 is 3.08 bits per heavy atom. The number of ether oxygens (including phenoxy) is 1. The van der Waals surface area contributed by atoms with Gasteiger partial charge >= 0.3 is 5.97 Å². The molecular weight excluding hydrogens is 168 g/mol. The van der Waals surface area contributed by atoms with E-state index in [2.05, 4.69) is 0 Å². The van der Waals surface area contributed by atoms with Crippen LogP contribution in [-0.4, -0.2) is 23.8 Å². The summed E-state index contributed by atoms with van der Waals surface area (Å²) in [6.07, 6.45) is 4.69. The summed E-state index contributed by atoms with van der Waals surface area (Å²) in [5, 5.41) is 9.51. The molecule has 3 nitrogen and oxygen atoms in total. The van der Waals surface area contributed by atoms with Crippen LogP contribution in [0.1, 0.15) is 32.6 Å². The molecule has 0 radical (unpaired) electrons. The largest absolute Gasteiger partial charge is 0.463 e. The maximum absolute atomic E-state index is 11.0. The SMILES string of the molecule is CCOC(=O)/C=C1\CCCC[C@H]1O. The molecule has 0 aromatic heterocycles. The molecule has 0 unspecified atom stereocenters. The molecule has 0 aliphatic heterocycles.